The molecule has 0 aliphatic heterocycles. The van der Waals surface area contributed by atoms with E-state index in [2.05, 4.69) is 53.7 Å². The Morgan fingerprint density at radius 3 is 2.68 bits per heavy atom. The topological polar surface area (TPSA) is 29.5 Å². The van der Waals surface area contributed by atoms with E-state index in [4.69, 9.17) is 4.74 Å². The second-order valence-electron chi connectivity index (χ2n) is 7.90. The number of aliphatic hydroxyl groups excluding tert-OH is 1. The molecule has 22 heavy (non-hydrogen) atoms. The summed E-state index contributed by atoms with van der Waals surface area (Å²) in [6, 6.07) is 0. The third kappa shape index (κ3) is 7.11. The average Bonchev–Trinajstić information content (AvgIpc) is 2.37. The summed E-state index contributed by atoms with van der Waals surface area (Å²) in [5.74, 6) is 0.988. The highest BCUT2D eigenvalue weighted by molar-refractivity contribution is 5.05. The molecule has 1 aliphatic carbocycles. The van der Waals surface area contributed by atoms with Crippen LogP contribution in [0, 0.1) is 11.8 Å². The molecule has 0 saturated carbocycles. The molecule has 2 heteroatoms. The van der Waals surface area contributed by atoms with E-state index in [1.165, 1.54) is 11.1 Å². The highest BCUT2D eigenvalue weighted by Gasteiger charge is 2.33. The molecule has 0 saturated heterocycles. The van der Waals surface area contributed by atoms with Gasteiger partial charge in [-0.15, -0.1) is 0 Å². The third-order valence-electron chi connectivity index (χ3n) is 4.88. The van der Waals surface area contributed by atoms with Crippen molar-refractivity contribution in [3.63, 3.8) is 0 Å². The van der Waals surface area contributed by atoms with Crippen LogP contribution in [0.4, 0.5) is 0 Å². The van der Waals surface area contributed by atoms with E-state index < -0.39 is 6.29 Å². The van der Waals surface area contributed by atoms with Crippen LogP contribution < -0.4 is 0 Å². The molecule has 3 atom stereocenters. The molecule has 0 amide bonds. The fourth-order valence-corrected chi connectivity index (χ4v) is 3.21. The molecule has 0 aromatic heterocycles. The van der Waals surface area contributed by atoms with E-state index in [0.717, 1.165) is 38.5 Å². The Hall–Kier alpha value is -0.600. The van der Waals surface area contributed by atoms with Crippen molar-refractivity contribution in [1.82, 2.24) is 0 Å². The number of rotatable bonds is 8. The third-order valence-corrected chi connectivity index (χ3v) is 4.88. The summed E-state index contributed by atoms with van der Waals surface area (Å²) >= 11 is 0. The molecule has 0 fully saturated rings. The monoisotopic (exact) mass is 308 g/mol. The molecule has 0 heterocycles. The Labute approximate surface area is 137 Å². The van der Waals surface area contributed by atoms with E-state index in [9.17, 15) is 5.11 Å². The SMILES string of the molecule is CC(C)=CCCC(C)C[C@@H](O)OC(C)(C)[C@H]1CC=C(C)CC1. The Morgan fingerprint density at radius 2 is 2.14 bits per heavy atom. The summed E-state index contributed by atoms with van der Waals surface area (Å²) in [5.41, 5.74) is 2.60. The van der Waals surface area contributed by atoms with Gasteiger partial charge in [0.1, 0.15) is 0 Å². The minimum absolute atomic E-state index is 0.254. The maximum Gasteiger partial charge on any atom is 0.155 e. The first-order valence-electron chi connectivity index (χ1n) is 8.85. The van der Waals surface area contributed by atoms with Crippen LogP contribution in [-0.2, 0) is 4.74 Å². The highest BCUT2D eigenvalue weighted by atomic mass is 16.6. The van der Waals surface area contributed by atoms with Crippen LogP contribution in [-0.4, -0.2) is 17.0 Å². The second-order valence-corrected chi connectivity index (χ2v) is 7.90. The minimum atomic E-state index is -0.649. The van der Waals surface area contributed by atoms with Crippen molar-refractivity contribution in [3.05, 3.63) is 23.3 Å². The molecule has 0 aromatic rings. The van der Waals surface area contributed by atoms with Crippen LogP contribution >= 0.6 is 0 Å². The predicted octanol–water partition coefficient (Wildman–Crippen LogP) is 5.62. The number of aliphatic hydroxyl groups is 1. The fraction of sp³-hybridized carbons (Fsp3) is 0.800. The average molecular weight is 309 g/mol. The quantitative estimate of drug-likeness (QED) is 0.466. The standard InChI is InChI=1S/C20H36O2/c1-15(2)8-7-9-17(4)14-19(21)22-20(5,6)18-12-10-16(3)11-13-18/h8,10,17-19,21H,7,9,11-14H2,1-6H3/t17?,18-,19-/m0/s1. The van der Waals surface area contributed by atoms with Crippen molar-refractivity contribution in [2.24, 2.45) is 11.8 Å². The van der Waals surface area contributed by atoms with Crippen molar-refractivity contribution in [2.45, 2.75) is 92.0 Å². The van der Waals surface area contributed by atoms with Gasteiger partial charge >= 0.3 is 0 Å². The molecule has 0 bridgehead atoms. The van der Waals surface area contributed by atoms with Crippen LogP contribution in [0.1, 0.15) is 80.1 Å². The van der Waals surface area contributed by atoms with Crippen LogP contribution in [0.3, 0.4) is 0 Å². The first-order chi connectivity index (χ1) is 10.2. The summed E-state index contributed by atoms with van der Waals surface area (Å²) in [6.07, 6.45) is 10.3. The molecule has 2 nitrogen and oxygen atoms in total. The van der Waals surface area contributed by atoms with Crippen LogP contribution in [0.15, 0.2) is 23.3 Å². The van der Waals surface area contributed by atoms with Gasteiger partial charge in [0.2, 0.25) is 0 Å². The molecular weight excluding hydrogens is 272 g/mol. The predicted molar refractivity (Wildman–Crippen MR) is 94.7 cm³/mol. The molecule has 1 N–H and O–H groups in total. The van der Waals surface area contributed by atoms with Gasteiger partial charge in [-0.2, -0.15) is 0 Å². The van der Waals surface area contributed by atoms with Gasteiger partial charge in [-0.3, -0.25) is 0 Å². The van der Waals surface area contributed by atoms with Gasteiger partial charge in [-0.05, 0) is 78.6 Å². The molecule has 0 aromatic carbocycles. The summed E-state index contributed by atoms with van der Waals surface area (Å²) in [5, 5.41) is 10.3. The normalized spacial score (nSPS) is 22.0. The van der Waals surface area contributed by atoms with Gasteiger partial charge in [0.15, 0.2) is 6.29 Å². The number of hydrogen-bond donors (Lipinski definition) is 1. The van der Waals surface area contributed by atoms with Crippen molar-refractivity contribution in [2.75, 3.05) is 0 Å². The van der Waals surface area contributed by atoms with E-state index in [-0.39, 0.29) is 5.60 Å². The molecular formula is C20H36O2. The Morgan fingerprint density at radius 1 is 1.45 bits per heavy atom. The number of ether oxygens (including phenoxy) is 1. The van der Waals surface area contributed by atoms with Crippen molar-refractivity contribution in [3.8, 4) is 0 Å². The maximum atomic E-state index is 10.3. The lowest BCUT2D eigenvalue weighted by Crippen LogP contribution is -2.39. The summed E-state index contributed by atoms with van der Waals surface area (Å²) < 4.78 is 6.02. The van der Waals surface area contributed by atoms with Gasteiger partial charge in [0, 0.05) is 6.42 Å². The summed E-state index contributed by atoms with van der Waals surface area (Å²) in [6.45, 7) is 12.9. The van der Waals surface area contributed by atoms with E-state index in [0.29, 0.717) is 11.8 Å². The molecule has 0 spiro atoms. The Kier molecular flexibility index (Phi) is 7.85. The smallest absolute Gasteiger partial charge is 0.155 e. The van der Waals surface area contributed by atoms with Crippen molar-refractivity contribution < 1.29 is 9.84 Å². The zero-order valence-electron chi connectivity index (χ0n) is 15.5. The lowest BCUT2D eigenvalue weighted by Gasteiger charge is -2.38. The molecule has 1 unspecified atom stereocenters. The van der Waals surface area contributed by atoms with Gasteiger partial charge in [0.05, 0.1) is 5.60 Å². The van der Waals surface area contributed by atoms with Crippen LogP contribution in [0.25, 0.3) is 0 Å². The first-order valence-corrected chi connectivity index (χ1v) is 8.85. The van der Waals surface area contributed by atoms with Crippen LogP contribution in [0.5, 0.6) is 0 Å². The zero-order chi connectivity index (χ0) is 16.8. The number of hydrogen-bond acceptors (Lipinski definition) is 2. The van der Waals surface area contributed by atoms with Crippen molar-refractivity contribution in [1.29, 1.82) is 0 Å². The molecule has 0 radical (unpaired) electrons. The van der Waals surface area contributed by atoms with Gasteiger partial charge < -0.3 is 9.84 Å². The Bertz CT molecular complexity index is 389. The summed E-state index contributed by atoms with van der Waals surface area (Å²) in [7, 11) is 0. The molecule has 1 rings (SSSR count). The molecule has 1 aliphatic rings. The lowest BCUT2D eigenvalue weighted by molar-refractivity contribution is -0.199. The Balaban J connectivity index is 2.39. The second kappa shape index (κ2) is 8.88. The minimum Gasteiger partial charge on any atom is -0.368 e. The fourth-order valence-electron chi connectivity index (χ4n) is 3.21. The van der Waals surface area contributed by atoms with Crippen LogP contribution in [0.2, 0.25) is 0 Å². The maximum absolute atomic E-state index is 10.3. The van der Waals surface area contributed by atoms with Gasteiger partial charge in [-0.25, -0.2) is 0 Å². The number of allylic oxidation sites excluding steroid dienone is 4. The van der Waals surface area contributed by atoms with Crippen molar-refractivity contribution >= 4 is 0 Å². The van der Waals surface area contributed by atoms with E-state index in [1.54, 1.807) is 0 Å². The van der Waals surface area contributed by atoms with Gasteiger partial charge in [-0.1, -0.05) is 30.2 Å². The molecule has 128 valence electrons. The lowest BCUT2D eigenvalue weighted by atomic mass is 9.79. The van der Waals surface area contributed by atoms with E-state index >= 15 is 0 Å². The largest absolute Gasteiger partial charge is 0.368 e. The highest BCUT2D eigenvalue weighted by Crippen LogP contribution is 2.35. The zero-order valence-corrected chi connectivity index (χ0v) is 15.5. The van der Waals surface area contributed by atoms with Gasteiger partial charge in [0.25, 0.3) is 0 Å². The first kappa shape index (κ1) is 19.4. The summed E-state index contributed by atoms with van der Waals surface area (Å²) in [4.78, 5) is 0. The van der Waals surface area contributed by atoms with E-state index in [1.807, 2.05) is 0 Å².